The molecule has 3 N–H and O–H groups in total. The first-order valence-electron chi connectivity index (χ1n) is 7.63. The fourth-order valence-corrected chi connectivity index (χ4v) is 2.61. The van der Waals surface area contributed by atoms with E-state index in [4.69, 9.17) is 5.73 Å². The highest BCUT2D eigenvalue weighted by atomic mass is 19.1. The van der Waals surface area contributed by atoms with Gasteiger partial charge in [-0.25, -0.2) is 29.1 Å². The second-order valence-electron chi connectivity index (χ2n) is 5.58. The van der Waals surface area contributed by atoms with Crippen LogP contribution in [0, 0.1) is 5.95 Å². The van der Waals surface area contributed by atoms with E-state index in [1.165, 1.54) is 4.52 Å². The number of nitrogens with zero attached hydrogens (tertiary/aromatic N) is 6. The van der Waals surface area contributed by atoms with Crippen LogP contribution in [0.3, 0.4) is 0 Å². The van der Waals surface area contributed by atoms with Crippen molar-refractivity contribution >= 4 is 17.4 Å². The molecule has 3 rings (SSSR count). The van der Waals surface area contributed by atoms with E-state index < -0.39 is 24.7 Å². The summed E-state index contributed by atoms with van der Waals surface area (Å²) in [5, 5.41) is 8.24. The lowest BCUT2D eigenvalue weighted by atomic mass is 10.1. The van der Waals surface area contributed by atoms with Crippen molar-refractivity contribution in [3.63, 3.8) is 0 Å². The average Bonchev–Trinajstić information content (AvgIpc) is 3.21. The van der Waals surface area contributed by atoms with Crippen LogP contribution >= 0.6 is 0 Å². The van der Waals surface area contributed by atoms with E-state index in [-0.39, 0.29) is 5.69 Å². The Morgan fingerprint density at radius 2 is 2.19 bits per heavy atom. The lowest BCUT2D eigenvalue weighted by Gasteiger charge is -2.12. The van der Waals surface area contributed by atoms with Crippen LogP contribution in [0.5, 0.6) is 0 Å². The minimum Gasteiger partial charge on any atom is -0.350 e. The molecule has 0 aliphatic carbocycles. The topological polar surface area (TPSA) is 115 Å². The van der Waals surface area contributed by atoms with Gasteiger partial charge in [-0.15, -0.1) is 0 Å². The van der Waals surface area contributed by atoms with E-state index in [1.54, 1.807) is 32.2 Å². The number of halogens is 2. The van der Waals surface area contributed by atoms with Gasteiger partial charge in [-0.2, -0.15) is 14.6 Å². The standard InChI is InChI=1S/C15H16F2N8O/c1-8(13-14(17)20-7-24(13)6-16)11-5-19-12-4-3-10(23-25(11)12)9(2)21-22-15(18)26/h3-5,7-8H,6H2,1-2H3,(H3,18,22,26)/b21-9+. The van der Waals surface area contributed by atoms with Crippen LogP contribution in [0.25, 0.3) is 5.65 Å². The molecule has 0 aliphatic heterocycles. The summed E-state index contributed by atoms with van der Waals surface area (Å²) in [5.74, 6) is -1.29. The highest BCUT2D eigenvalue weighted by Crippen LogP contribution is 2.26. The fraction of sp³-hybridized carbons (Fsp3) is 0.267. The summed E-state index contributed by atoms with van der Waals surface area (Å²) in [7, 11) is 0. The fourth-order valence-electron chi connectivity index (χ4n) is 2.61. The monoisotopic (exact) mass is 362 g/mol. The van der Waals surface area contributed by atoms with Crippen molar-refractivity contribution in [2.75, 3.05) is 0 Å². The van der Waals surface area contributed by atoms with Crippen molar-refractivity contribution in [2.24, 2.45) is 10.8 Å². The molecule has 0 saturated heterocycles. The van der Waals surface area contributed by atoms with Crippen molar-refractivity contribution < 1.29 is 13.6 Å². The van der Waals surface area contributed by atoms with Crippen molar-refractivity contribution in [2.45, 2.75) is 26.6 Å². The zero-order chi connectivity index (χ0) is 18.8. The normalized spacial score (nSPS) is 13.2. The molecule has 0 aliphatic rings. The summed E-state index contributed by atoms with van der Waals surface area (Å²) in [5.41, 5.74) is 9.16. The molecule has 3 heterocycles. The Balaban J connectivity index is 2.04. The molecule has 136 valence electrons. The number of hydrogen-bond donors (Lipinski definition) is 2. The number of hydrazone groups is 1. The van der Waals surface area contributed by atoms with Crippen LogP contribution in [-0.2, 0) is 6.80 Å². The van der Waals surface area contributed by atoms with Gasteiger partial charge in [0.1, 0.15) is 12.0 Å². The molecule has 0 bridgehead atoms. The molecule has 9 nitrogen and oxygen atoms in total. The van der Waals surface area contributed by atoms with Crippen LogP contribution in [-0.4, -0.2) is 35.9 Å². The molecule has 11 heteroatoms. The van der Waals surface area contributed by atoms with Crippen LogP contribution in [0.15, 0.2) is 29.8 Å². The Morgan fingerprint density at radius 3 is 2.88 bits per heavy atom. The lowest BCUT2D eigenvalue weighted by molar-refractivity contribution is 0.249. The van der Waals surface area contributed by atoms with Crippen LogP contribution in [0.1, 0.15) is 36.8 Å². The third-order valence-electron chi connectivity index (χ3n) is 3.91. The molecule has 0 spiro atoms. The summed E-state index contributed by atoms with van der Waals surface area (Å²) in [6.07, 6.45) is 2.65. The number of carbonyl (C=O) groups is 1. The number of nitrogens with two attached hydrogens (primary N) is 1. The van der Waals surface area contributed by atoms with Crippen LogP contribution < -0.4 is 11.2 Å². The predicted molar refractivity (Wildman–Crippen MR) is 88.7 cm³/mol. The van der Waals surface area contributed by atoms with Crippen LogP contribution in [0.4, 0.5) is 13.6 Å². The Labute approximate surface area is 146 Å². The third-order valence-corrected chi connectivity index (χ3v) is 3.91. The highest BCUT2D eigenvalue weighted by Gasteiger charge is 2.23. The van der Waals surface area contributed by atoms with Crippen molar-refractivity contribution in [1.29, 1.82) is 0 Å². The number of carbonyl (C=O) groups excluding carboxylic acids is 1. The van der Waals surface area contributed by atoms with Gasteiger partial charge in [0.05, 0.1) is 23.3 Å². The van der Waals surface area contributed by atoms with Gasteiger partial charge >= 0.3 is 6.03 Å². The average molecular weight is 362 g/mol. The van der Waals surface area contributed by atoms with E-state index >= 15 is 0 Å². The molecular weight excluding hydrogens is 346 g/mol. The maximum Gasteiger partial charge on any atom is 0.332 e. The molecule has 1 atom stereocenters. The first-order chi connectivity index (χ1) is 12.4. The maximum absolute atomic E-state index is 14.0. The van der Waals surface area contributed by atoms with E-state index in [2.05, 4.69) is 25.6 Å². The van der Waals surface area contributed by atoms with E-state index in [0.29, 0.717) is 22.7 Å². The first kappa shape index (κ1) is 17.5. The van der Waals surface area contributed by atoms with Gasteiger partial charge in [0, 0.05) is 5.92 Å². The quantitative estimate of drug-likeness (QED) is 0.529. The maximum atomic E-state index is 14.0. The predicted octanol–water partition coefficient (Wildman–Crippen LogP) is 1.54. The summed E-state index contributed by atoms with van der Waals surface area (Å²) in [6, 6.07) is 2.58. The van der Waals surface area contributed by atoms with Gasteiger partial charge in [0.25, 0.3) is 0 Å². The third kappa shape index (κ3) is 3.10. The van der Waals surface area contributed by atoms with Crippen LogP contribution in [0.2, 0.25) is 0 Å². The Bertz CT molecular complexity index is 993. The second kappa shape index (κ2) is 6.86. The molecule has 3 aromatic heterocycles. The van der Waals surface area contributed by atoms with Gasteiger partial charge in [-0.1, -0.05) is 6.92 Å². The van der Waals surface area contributed by atoms with E-state index in [1.807, 2.05) is 0 Å². The lowest BCUT2D eigenvalue weighted by Crippen LogP contribution is -2.25. The molecule has 2 amide bonds. The minimum absolute atomic E-state index is 0.0993. The number of urea groups is 1. The van der Waals surface area contributed by atoms with E-state index in [0.717, 1.165) is 10.9 Å². The summed E-state index contributed by atoms with van der Waals surface area (Å²) < 4.78 is 29.7. The number of alkyl halides is 1. The van der Waals surface area contributed by atoms with Crippen molar-refractivity contribution in [3.8, 4) is 0 Å². The number of nitrogens with one attached hydrogen (secondary N) is 1. The number of primary amides is 1. The van der Waals surface area contributed by atoms with Gasteiger partial charge in [0.15, 0.2) is 12.4 Å². The number of aromatic nitrogens is 5. The Kier molecular flexibility index (Phi) is 4.61. The molecule has 1 unspecified atom stereocenters. The summed E-state index contributed by atoms with van der Waals surface area (Å²) in [4.78, 5) is 18.5. The molecule has 0 aromatic carbocycles. The van der Waals surface area contributed by atoms with Crippen molar-refractivity contribution in [3.05, 3.63) is 47.7 Å². The van der Waals surface area contributed by atoms with Gasteiger partial charge in [0.2, 0.25) is 5.95 Å². The molecule has 0 fully saturated rings. The minimum atomic E-state index is -0.892. The largest absolute Gasteiger partial charge is 0.350 e. The zero-order valence-electron chi connectivity index (χ0n) is 14.0. The smallest absolute Gasteiger partial charge is 0.332 e. The van der Waals surface area contributed by atoms with Crippen molar-refractivity contribution in [1.82, 2.24) is 29.6 Å². The Morgan fingerprint density at radius 1 is 1.42 bits per heavy atom. The number of rotatable bonds is 5. The van der Waals surface area contributed by atoms with Gasteiger partial charge in [-0.3, -0.25) is 0 Å². The molecule has 0 radical (unpaired) electrons. The first-order valence-corrected chi connectivity index (χ1v) is 7.63. The van der Waals surface area contributed by atoms with E-state index in [9.17, 15) is 13.6 Å². The highest BCUT2D eigenvalue weighted by molar-refractivity contribution is 5.97. The SMILES string of the molecule is C/C(=N\NC(N)=O)c1ccc2ncc(C(C)c3c(F)ncn3CF)n2n1. The number of imidazole rings is 2. The molecule has 0 saturated carbocycles. The van der Waals surface area contributed by atoms with Gasteiger partial charge < -0.3 is 10.3 Å². The second-order valence-corrected chi connectivity index (χ2v) is 5.58. The summed E-state index contributed by atoms with van der Waals surface area (Å²) in [6.45, 7) is 2.46. The molecule has 26 heavy (non-hydrogen) atoms. The number of hydrogen-bond acceptors (Lipinski definition) is 5. The Hall–Kier alpha value is -3.37. The number of amides is 2. The summed E-state index contributed by atoms with van der Waals surface area (Å²) >= 11 is 0. The molecular formula is C15H16F2N8O. The van der Waals surface area contributed by atoms with Gasteiger partial charge in [-0.05, 0) is 19.1 Å². The number of fused-ring (bicyclic) bond motifs is 1. The molecule has 3 aromatic rings. The zero-order valence-corrected chi connectivity index (χ0v) is 14.0.